The molecular weight excluding hydrogens is 611 g/mol. The third-order valence-corrected chi connectivity index (χ3v) is 10.8. The summed E-state index contributed by atoms with van der Waals surface area (Å²) in [5, 5.41) is 12.3. The van der Waals surface area contributed by atoms with Crippen molar-refractivity contribution in [3.05, 3.63) is 90.4 Å². The van der Waals surface area contributed by atoms with Crippen molar-refractivity contribution in [2.24, 2.45) is 0 Å². The molecule has 2 heterocycles. The largest absolute Gasteiger partial charge is 0.493 e. The van der Waals surface area contributed by atoms with E-state index in [1.54, 1.807) is 59.2 Å². The lowest BCUT2D eigenvalue weighted by molar-refractivity contribution is 0.0880. The standard InChI is InChI=1S/C33H39N3O7SSi/c1-40-29-18-23(19-30(41-2)32(29)42-3)31(37)27-21-35(22-43-16-17-45(4,5)6)33(34-27)26-20-36(28-15-11-10-14-25(26)28)44(38,39)24-12-8-7-9-13-24/h7-15,18-21,31,37H,16-17,22H2,1-6H3/i21D. The molecule has 2 aromatic heterocycles. The fraction of sp³-hybridized carbons (Fsp3) is 0.303. The maximum absolute atomic E-state index is 13.8. The highest BCUT2D eigenvalue weighted by Gasteiger charge is 2.26. The number of para-hydroxylation sites is 1. The highest BCUT2D eigenvalue weighted by Crippen LogP contribution is 2.41. The molecule has 1 atom stereocenters. The third-order valence-electron chi connectivity index (χ3n) is 7.43. The van der Waals surface area contributed by atoms with Gasteiger partial charge >= 0.3 is 0 Å². The monoisotopic (exact) mass is 650 g/mol. The van der Waals surface area contributed by atoms with E-state index < -0.39 is 24.2 Å². The maximum atomic E-state index is 13.8. The fourth-order valence-corrected chi connectivity index (χ4v) is 7.14. The van der Waals surface area contributed by atoms with Gasteiger partial charge in [-0.15, -0.1) is 0 Å². The van der Waals surface area contributed by atoms with Crippen LogP contribution < -0.4 is 14.2 Å². The normalized spacial score (nSPS) is 13.1. The second-order valence-electron chi connectivity index (χ2n) is 11.7. The molecule has 45 heavy (non-hydrogen) atoms. The molecular formula is C33H39N3O7SSi. The van der Waals surface area contributed by atoms with Gasteiger partial charge < -0.3 is 28.6 Å². The number of rotatable bonds is 13. The van der Waals surface area contributed by atoms with Crippen molar-refractivity contribution in [2.75, 3.05) is 27.9 Å². The van der Waals surface area contributed by atoms with Crippen LogP contribution in [0.1, 0.15) is 18.7 Å². The quantitative estimate of drug-likeness (QED) is 0.119. The predicted molar refractivity (Wildman–Crippen MR) is 176 cm³/mol. The van der Waals surface area contributed by atoms with E-state index in [0.29, 0.717) is 45.9 Å². The van der Waals surface area contributed by atoms with Gasteiger partial charge in [0, 0.05) is 38.0 Å². The van der Waals surface area contributed by atoms with E-state index in [2.05, 4.69) is 19.6 Å². The number of aromatic nitrogens is 3. The first-order valence-corrected chi connectivity index (χ1v) is 19.6. The molecule has 5 aromatic rings. The number of aliphatic hydroxyl groups is 1. The van der Waals surface area contributed by atoms with E-state index in [9.17, 15) is 13.5 Å². The Hall–Kier alpha value is -4.10. The molecule has 0 amide bonds. The summed E-state index contributed by atoms with van der Waals surface area (Å²) in [7, 11) is -0.919. The highest BCUT2D eigenvalue weighted by molar-refractivity contribution is 7.90. The minimum absolute atomic E-state index is 0.0153. The zero-order valence-electron chi connectivity index (χ0n) is 27.3. The molecule has 3 aromatic carbocycles. The number of ether oxygens (including phenoxy) is 4. The number of methoxy groups -OCH3 is 3. The minimum Gasteiger partial charge on any atom is -0.493 e. The summed E-state index contributed by atoms with van der Waals surface area (Å²) < 4.78 is 62.1. The van der Waals surface area contributed by atoms with Gasteiger partial charge in [0.15, 0.2) is 11.5 Å². The molecule has 1 N–H and O–H groups in total. The van der Waals surface area contributed by atoms with E-state index in [4.69, 9.17) is 25.3 Å². The van der Waals surface area contributed by atoms with Crippen LogP contribution in [0.4, 0.5) is 0 Å². The molecule has 0 spiro atoms. The van der Waals surface area contributed by atoms with E-state index >= 15 is 0 Å². The molecule has 0 bridgehead atoms. The number of hydrogen-bond acceptors (Lipinski definition) is 8. The summed E-state index contributed by atoms with van der Waals surface area (Å²) in [6, 6.07) is 19.4. The van der Waals surface area contributed by atoms with E-state index in [1.165, 1.54) is 31.5 Å². The van der Waals surface area contributed by atoms with Gasteiger partial charge in [0.2, 0.25) is 5.75 Å². The second kappa shape index (κ2) is 13.1. The Bertz CT molecular complexity index is 1930. The lowest BCUT2D eigenvalue weighted by atomic mass is 10.1. The summed E-state index contributed by atoms with van der Waals surface area (Å²) in [6.07, 6.45) is 0.0831. The Kier molecular flexibility index (Phi) is 8.99. The van der Waals surface area contributed by atoms with E-state index in [1.807, 2.05) is 12.1 Å². The lowest BCUT2D eigenvalue weighted by Crippen LogP contribution is -2.22. The molecule has 0 radical (unpaired) electrons. The first kappa shape index (κ1) is 30.9. The van der Waals surface area contributed by atoms with Crippen LogP contribution in [-0.4, -0.2) is 63.1 Å². The average molecular weight is 651 g/mol. The van der Waals surface area contributed by atoms with E-state index in [0.717, 1.165) is 6.04 Å². The molecule has 0 saturated heterocycles. The van der Waals surface area contributed by atoms with Gasteiger partial charge in [-0.1, -0.05) is 56.0 Å². The summed E-state index contributed by atoms with van der Waals surface area (Å²) in [5.41, 5.74) is 1.35. The lowest BCUT2D eigenvalue weighted by Gasteiger charge is -2.16. The highest BCUT2D eigenvalue weighted by atomic mass is 32.2. The fourth-order valence-electron chi connectivity index (χ4n) is 5.00. The van der Waals surface area contributed by atoms with Crippen molar-refractivity contribution in [1.29, 1.82) is 0 Å². The summed E-state index contributed by atoms with van der Waals surface area (Å²) in [6.45, 7) is 7.23. The smallest absolute Gasteiger partial charge is 0.268 e. The Morgan fingerprint density at radius 3 is 2.22 bits per heavy atom. The molecule has 0 aliphatic carbocycles. The average Bonchev–Trinajstić information content (AvgIpc) is 3.59. The molecule has 238 valence electrons. The summed E-state index contributed by atoms with van der Waals surface area (Å²) >= 11 is 0. The van der Waals surface area contributed by atoms with Gasteiger partial charge in [0.25, 0.3) is 10.0 Å². The van der Waals surface area contributed by atoms with Gasteiger partial charge in [-0.05, 0) is 41.9 Å². The van der Waals surface area contributed by atoms with Crippen LogP contribution in [0.3, 0.4) is 0 Å². The Balaban J connectivity index is 1.68. The van der Waals surface area contributed by atoms with Crippen LogP contribution in [0, 0.1) is 0 Å². The zero-order valence-corrected chi connectivity index (χ0v) is 28.1. The van der Waals surface area contributed by atoms with Crippen molar-refractivity contribution in [3.8, 4) is 28.6 Å². The van der Waals surface area contributed by atoms with Crippen molar-refractivity contribution < 1.29 is 33.8 Å². The number of aliphatic hydroxyl groups excluding tert-OH is 1. The topological polar surface area (TPSA) is 114 Å². The maximum Gasteiger partial charge on any atom is 0.268 e. The van der Waals surface area contributed by atoms with Crippen LogP contribution in [0.2, 0.25) is 25.7 Å². The van der Waals surface area contributed by atoms with Crippen LogP contribution in [0.15, 0.2) is 84.0 Å². The van der Waals surface area contributed by atoms with Gasteiger partial charge in [-0.25, -0.2) is 17.4 Å². The molecule has 0 saturated carbocycles. The zero-order chi connectivity index (χ0) is 33.2. The molecule has 12 heteroatoms. The Morgan fingerprint density at radius 1 is 0.956 bits per heavy atom. The molecule has 1 unspecified atom stereocenters. The third kappa shape index (κ3) is 6.64. The Labute approximate surface area is 266 Å². The summed E-state index contributed by atoms with van der Waals surface area (Å²) in [5.74, 6) is 1.33. The van der Waals surface area contributed by atoms with Gasteiger partial charge in [0.05, 0.1) is 38.8 Å². The van der Waals surface area contributed by atoms with Crippen LogP contribution in [-0.2, 0) is 21.5 Å². The van der Waals surface area contributed by atoms with Crippen molar-refractivity contribution >= 4 is 29.0 Å². The van der Waals surface area contributed by atoms with Crippen LogP contribution in [0.5, 0.6) is 17.2 Å². The number of imidazole rings is 1. The van der Waals surface area contributed by atoms with Crippen LogP contribution >= 0.6 is 0 Å². The number of nitrogens with zero attached hydrogens (tertiary/aromatic N) is 3. The van der Waals surface area contributed by atoms with Crippen molar-refractivity contribution in [2.45, 2.75) is 43.4 Å². The SMILES string of the molecule is [2H]c1c(C(O)c2cc(OC)c(OC)c(OC)c2)nc(-c2cn(S(=O)(=O)c3ccccc3)c3ccccc23)n1COCC[Si](C)(C)C. The van der Waals surface area contributed by atoms with Crippen LogP contribution in [0.25, 0.3) is 22.3 Å². The second-order valence-corrected chi connectivity index (χ2v) is 19.2. The molecule has 10 nitrogen and oxygen atoms in total. The number of benzene rings is 3. The van der Waals surface area contributed by atoms with Gasteiger partial charge in [0.1, 0.15) is 18.7 Å². The van der Waals surface area contributed by atoms with Gasteiger partial charge in [-0.3, -0.25) is 0 Å². The Morgan fingerprint density at radius 2 is 1.60 bits per heavy atom. The molecule has 5 rings (SSSR count). The van der Waals surface area contributed by atoms with Crippen molar-refractivity contribution in [1.82, 2.24) is 13.5 Å². The molecule has 0 aliphatic rings. The molecule has 0 fully saturated rings. The number of fused-ring (bicyclic) bond motifs is 1. The number of hydrogen-bond donors (Lipinski definition) is 1. The van der Waals surface area contributed by atoms with Crippen molar-refractivity contribution in [3.63, 3.8) is 0 Å². The minimum atomic E-state index is -3.97. The first-order chi connectivity index (χ1) is 21.9. The summed E-state index contributed by atoms with van der Waals surface area (Å²) in [4.78, 5) is 4.93. The molecule has 0 aliphatic heterocycles. The first-order valence-electron chi connectivity index (χ1n) is 14.9. The van der Waals surface area contributed by atoms with E-state index in [-0.39, 0.29) is 29.3 Å². The van der Waals surface area contributed by atoms with Gasteiger partial charge in [-0.2, -0.15) is 0 Å². The predicted octanol–water partition coefficient (Wildman–Crippen LogP) is 6.16.